The van der Waals surface area contributed by atoms with E-state index in [1.54, 1.807) is 12.1 Å². The standard InChI is InChI=1S/C14H19ClN2O2/c1-9(2)12-5-11(6-13(15)17-12)14(18)16-7-10-3-4-19-8-10/h5-6,9-10H,3-4,7-8H2,1-2H3,(H,16,18). The summed E-state index contributed by atoms with van der Waals surface area (Å²) < 4.78 is 5.28. The summed E-state index contributed by atoms with van der Waals surface area (Å²) in [5.74, 6) is 0.567. The fourth-order valence-electron chi connectivity index (χ4n) is 2.03. The fraction of sp³-hybridized carbons (Fsp3) is 0.571. The van der Waals surface area contributed by atoms with Gasteiger partial charge in [0.1, 0.15) is 5.15 Å². The number of nitrogens with zero attached hydrogens (tertiary/aromatic N) is 1. The van der Waals surface area contributed by atoms with Gasteiger partial charge in [0.25, 0.3) is 5.91 Å². The largest absolute Gasteiger partial charge is 0.381 e. The van der Waals surface area contributed by atoms with E-state index in [2.05, 4.69) is 10.3 Å². The highest BCUT2D eigenvalue weighted by Gasteiger charge is 2.17. The number of hydrogen-bond donors (Lipinski definition) is 1. The van der Waals surface area contributed by atoms with Crippen LogP contribution in [0.15, 0.2) is 12.1 Å². The second kappa shape index (κ2) is 6.35. The molecule has 0 bridgehead atoms. The van der Waals surface area contributed by atoms with E-state index in [1.165, 1.54) is 0 Å². The smallest absolute Gasteiger partial charge is 0.251 e. The van der Waals surface area contributed by atoms with Crippen LogP contribution in [0.1, 0.15) is 42.2 Å². The van der Waals surface area contributed by atoms with Crippen molar-refractivity contribution in [3.05, 3.63) is 28.5 Å². The zero-order chi connectivity index (χ0) is 13.8. The molecular formula is C14H19ClN2O2. The summed E-state index contributed by atoms with van der Waals surface area (Å²) in [4.78, 5) is 16.3. The zero-order valence-corrected chi connectivity index (χ0v) is 12.0. The van der Waals surface area contributed by atoms with E-state index in [9.17, 15) is 4.79 Å². The lowest BCUT2D eigenvalue weighted by atomic mass is 10.1. The Balaban J connectivity index is 2.01. The van der Waals surface area contributed by atoms with Crippen molar-refractivity contribution in [3.8, 4) is 0 Å². The maximum atomic E-state index is 12.1. The van der Waals surface area contributed by atoms with E-state index in [-0.39, 0.29) is 11.8 Å². The van der Waals surface area contributed by atoms with Crippen LogP contribution < -0.4 is 5.32 Å². The molecule has 1 aromatic rings. The number of amides is 1. The number of hydrogen-bond acceptors (Lipinski definition) is 3. The molecule has 1 fully saturated rings. The summed E-state index contributed by atoms with van der Waals surface area (Å²) in [5, 5.41) is 3.29. The monoisotopic (exact) mass is 282 g/mol. The molecule has 1 aliphatic rings. The molecule has 0 aliphatic carbocycles. The lowest BCUT2D eigenvalue weighted by Gasteiger charge is -2.11. The van der Waals surface area contributed by atoms with Crippen LogP contribution in [0, 0.1) is 5.92 Å². The first-order valence-corrected chi connectivity index (χ1v) is 6.97. The number of carbonyl (C=O) groups excluding carboxylic acids is 1. The summed E-state index contributed by atoms with van der Waals surface area (Å²) in [6, 6.07) is 3.41. The Hall–Kier alpha value is -1.13. The molecule has 1 aliphatic heterocycles. The van der Waals surface area contributed by atoms with E-state index in [0.29, 0.717) is 23.2 Å². The molecule has 1 atom stereocenters. The molecule has 0 aromatic carbocycles. The molecule has 2 rings (SSSR count). The molecule has 1 aromatic heterocycles. The van der Waals surface area contributed by atoms with E-state index in [0.717, 1.165) is 25.3 Å². The Morgan fingerprint density at radius 2 is 2.37 bits per heavy atom. The van der Waals surface area contributed by atoms with E-state index in [1.807, 2.05) is 13.8 Å². The molecule has 1 N–H and O–H groups in total. The normalized spacial score (nSPS) is 18.8. The third kappa shape index (κ3) is 3.91. The Kier molecular flexibility index (Phi) is 4.77. The summed E-state index contributed by atoms with van der Waals surface area (Å²) in [5.41, 5.74) is 1.41. The lowest BCUT2D eigenvalue weighted by molar-refractivity contribution is 0.0944. The van der Waals surface area contributed by atoms with Gasteiger partial charge >= 0.3 is 0 Å². The van der Waals surface area contributed by atoms with Gasteiger partial charge in [0.2, 0.25) is 0 Å². The van der Waals surface area contributed by atoms with Crippen LogP contribution in [0.5, 0.6) is 0 Å². The van der Waals surface area contributed by atoms with Gasteiger partial charge in [-0.2, -0.15) is 0 Å². The van der Waals surface area contributed by atoms with Crippen LogP contribution in [0.25, 0.3) is 0 Å². The van der Waals surface area contributed by atoms with Crippen LogP contribution >= 0.6 is 11.6 Å². The van der Waals surface area contributed by atoms with Crippen molar-refractivity contribution in [2.45, 2.75) is 26.2 Å². The molecule has 0 radical (unpaired) electrons. The van der Waals surface area contributed by atoms with Gasteiger partial charge in [-0.05, 0) is 24.5 Å². The van der Waals surface area contributed by atoms with Crippen LogP contribution in [0.3, 0.4) is 0 Å². The number of carbonyl (C=O) groups is 1. The van der Waals surface area contributed by atoms with E-state index in [4.69, 9.17) is 16.3 Å². The highest BCUT2D eigenvalue weighted by Crippen LogP contribution is 2.18. The Morgan fingerprint density at radius 3 is 3.00 bits per heavy atom. The first-order chi connectivity index (χ1) is 9.06. The van der Waals surface area contributed by atoms with Crippen molar-refractivity contribution in [1.29, 1.82) is 0 Å². The number of aromatic nitrogens is 1. The summed E-state index contributed by atoms with van der Waals surface area (Å²) in [6.45, 7) is 6.22. The maximum absolute atomic E-state index is 12.1. The number of halogens is 1. The second-order valence-electron chi connectivity index (χ2n) is 5.20. The molecule has 5 heteroatoms. The highest BCUT2D eigenvalue weighted by molar-refractivity contribution is 6.29. The minimum atomic E-state index is -0.0990. The van der Waals surface area contributed by atoms with Crippen LogP contribution in [0.2, 0.25) is 5.15 Å². The molecule has 1 saturated heterocycles. The van der Waals surface area contributed by atoms with Gasteiger partial charge in [0.05, 0.1) is 6.61 Å². The average molecular weight is 283 g/mol. The highest BCUT2D eigenvalue weighted by atomic mass is 35.5. The molecule has 4 nitrogen and oxygen atoms in total. The molecule has 2 heterocycles. The summed E-state index contributed by atoms with van der Waals surface area (Å²) in [7, 11) is 0. The fourth-order valence-corrected chi connectivity index (χ4v) is 2.24. The van der Waals surface area contributed by atoms with Crippen molar-refractivity contribution >= 4 is 17.5 Å². The van der Waals surface area contributed by atoms with Gasteiger partial charge in [-0.1, -0.05) is 25.4 Å². The van der Waals surface area contributed by atoms with Crippen molar-refractivity contribution in [2.75, 3.05) is 19.8 Å². The molecule has 104 valence electrons. The molecule has 0 spiro atoms. The Morgan fingerprint density at radius 1 is 1.58 bits per heavy atom. The van der Waals surface area contributed by atoms with Gasteiger partial charge in [-0.3, -0.25) is 4.79 Å². The third-order valence-corrected chi connectivity index (χ3v) is 3.44. The SMILES string of the molecule is CC(C)c1cc(C(=O)NCC2CCOC2)cc(Cl)n1. The number of pyridine rings is 1. The van der Waals surface area contributed by atoms with Crippen molar-refractivity contribution in [1.82, 2.24) is 10.3 Å². The molecule has 1 amide bonds. The van der Waals surface area contributed by atoms with Gasteiger partial charge < -0.3 is 10.1 Å². The maximum Gasteiger partial charge on any atom is 0.251 e. The predicted octanol–water partition coefficient (Wildman–Crippen LogP) is 2.62. The minimum Gasteiger partial charge on any atom is -0.381 e. The van der Waals surface area contributed by atoms with Gasteiger partial charge in [-0.15, -0.1) is 0 Å². The second-order valence-corrected chi connectivity index (χ2v) is 5.58. The average Bonchev–Trinajstić information content (AvgIpc) is 2.88. The van der Waals surface area contributed by atoms with Crippen molar-refractivity contribution in [3.63, 3.8) is 0 Å². The number of rotatable bonds is 4. The summed E-state index contributed by atoms with van der Waals surface area (Å²) >= 11 is 5.95. The van der Waals surface area contributed by atoms with E-state index < -0.39 is 0 Å². The van der Waals surface area contributed by atoms with Gasteiger partial charge in [0, 0.05) is 30.3 Å². The van der Waals surface area contributed by atoms with Crippen molar-refractivity contribution in [2.24, 2.45) is 5.92 Å². The Bertz CT molecular complexity index is 457. The first kappa shape index (κ1) is 14.3. The summed E-state index contributed by atoms with van der Waals surface area (Å²) in [6.07, 6.45) is 1.01. The van der Waals surface area contributed by atoms with Gasteiger partial charge in [-0.25, -0.2) is 4.98 Å². The zero-order valence-electron chi connectivity index (χ0n) is 11.3. The Labute approximate surface area is 118 Å². The van der Waals surface area contributed by atoms with Crippen LogP contribution in [0.4, 0.5) is 0 Å². The minimum absolute atomic E-state index is 0.0990. The molecule has 1 unspecified atom stereocenters. The quantitative estimate of drug-likeness (QED) is 0.864. The van der Waals surface area contributed by atoms with Crippen LogP contribution in [-0.4, -0.2) is 30.6 Å². The van der Waals surface area contributed by atoms with Crippen molar-refractivity contribution < 1.29 is 9.53 Å². The topological polar surface area (TPSA) is 51.2 Å². The molecule has 19 heavy (non-hydrogen) atoms. The van der Waals surface area contributed by atoms with E-state index >= 15 is 0 Å². The number of nitrogens with one attached hydrogen (secondary N) is 1. The number of ether oxygens (including phenoxy) is 1. The predicted molar refractivity (Wildman–Crippen MR) is 74.6 cm³/mol. The van der Waals surface area contributed by atoms with Crippen LogP contribution in [-0.2, 0) is 4.74 Å². The third-order valence-electron chi connectivity index (χ3n) is 3.24. The lowest BCUT2D eigenvalue weighted by Crippen LogP contribution is -2.29. The molecule has 0 saturated carbocycles. The first-order valence-electron chi connectivity index (χ1n) is 6.59. The van der Waals surface area contributed by atoms with Gasteiger partial charge in [0.15, 0.2) is 0 Å². The molecular weight excluding hydrogens is 264 g/mol.